The number of fused-ring (bicyclic) bond motifs is 6. The second kappa shape index (κ2) is 10.9. The first-order chi connectivity index (χ1) is 22.7. The van der Waals surface area contributed by atoms with Gasteiger partial charge in [0.2, 0.25) is 0 Å². The van der Waals surface area contributed by atoms with Crippen molar-refractivity contribution in [1.29, 1.82) is 0 Å². The lowest BCUT2D eigenvalue weighted by Gasteiger charge is -2.15. The Morgan fingerprint density at radius 3 is 1.98 bits per heavy atom. The van der Waals surface area contributed by atoms with Gasteiger partial charge in [0.1, 0.15) is 11.2 Å². The molecule has 0 aliphatic carbocycles. The molecule has 1 nitrogen and oxygen atoms in total. The number of hydrogen-bond acceptors (Lipinski definition) is 2. The van der Waals surface area contributed by atoms with Crippen LogP contribution in [0, 0.1) is 6.92 Å². The van der Waals surface area contributed by atoms with E-state index in [1.54, 1.807) is 0 Å². The van der Waals surface area contributed by atoms with Gasteiger partial charge >= 0.3 is 0 Å². The predicted molar refractivity (Wildman–Crippen MR) is 197 cm³/mol. The molecule has 2 aromatic heterocycles. The van der Waals surface area contributed by atoms with E-state index in [9.17, 15) is 0 Å². The first-order valence-corrected chi connectivity index (χ1v) is 16.6. The van der Waals surface area contributed by atoms with E-state index in [-0.39, 0.29) is 0 Å². The molecule has 0 bridgehead atoms. The molecule has 0 radical (unpaired) electrons. The zero-order valence-corrected chi connectivity index (χ0v) is 26.3. The van der Waals surface area contributed by atoms with Crippen LogP contribution in [-0.2, 0) is 6.42 Å². The fraction of sp³-hybridized carbons (Fsp3) is 0.0455. The molecular weight excluding hydrogens is 577 g/mol. The number of thiophene rings is 1. The molecule has 0 saturated carbocycles. The minimum atomic E-state index is 0.826. The summed E-state index contributed by atoms with van der Waals surface area (Å²) in [5.74, 6) is 0. The van der Waals surface area contributed by atoms with E-state index in [4.69, 9.17) is 4.42 Å². The van der Waals surface area contributed by atoms with Crippen molar-refractivity contribution in [1.82, 2.24) is 0 Å². The van der Waals surface area contributed by atoms with Crippen LogP contribution in [0.25, 0.3) is 75.5 Å². The third-order valence-corrected chi connectivity index (χ3v) is 10.4. The topological polar surface area (TPSA) is 13.1 Å². The molecule has 0 spiro atoms. The summed E-state index contributed by atoms with van der Waals surface area (Å²) < 4.78 is 9.19. The minimum absolute atomic E-state index is 0.826. The molecule has 218 valence electrons. The number of benzene rings is 7. The molecule has 46 heavy (non-hydrogen) atoms. The van der Waals surface area contributed by atoms with Crippen molar-refractivity contribution in [2.24, 2.45) is 0 Å². The Balaban J connectivity index is 1.08. The summed E-state index contributed by atoms with van der Waals surface area (Å²) >= 11 is 1.86. The smallest absolute Gasteiger partial charge is 0.136 e. The zero-order valence-electron chi connectivity index (χ0n) is 25.5. The Kier molecular flexibility index (Phi) is 6.36. The van der Waals surface area contributed by atoms with Crippen molar-refractivity contribution in [2.75, 3.05) is 0 Å². The molecule has 0 aliphatic rings. The minimum Gasteiger partial charge on any atom is -0.456 e. The second-order valence-corrected chi connectivity index (χ2v) is 13.3. The van der Waals surface area contributed by atoms with Gasteiger partial charge in [-0.1, -0.05) is 115 Å². The fourth-order valence-corrected chi connectivity index (χ4v) is 8.05. The maximum absolute atomic E-state index is 6.54. The van der Waals surface area contributed by atoms with Gasteiger partial charge in [0, 0.05) is 30.9 Å². The highest BCUT2D eigenvalue weighted by atomic mass is 32.1. The number of furan rings is 1. The molecule has 0 unspecified atom stereocenters. The van der Waals surface area contributed by atoms with E-state index in [0.717, 1.165) is 28.4 Å². The van der Waals surface area contributed by atoms with Crippen molar-refractivity contribution < 1.29 is 4.42 Å². The van der Waals surface area contributed by atoms with E-state index in [0.29, 0.717) is 0 Å². The predicted octanol–water partition coefficient (Wildman–Crippen LogP) is 12.9. The Morgan fingerprint density at radius 2 is 1.11 bits per heavy atom. The molecule has 7 aromatic carbocycles. The van der Waals surface area contributed by atoms with Gasteiger partial charge in [-0.05, 0) is 99.8 Å². The molecule has 9 rings (SSSR count). The summed E-state index contributed by atoms with van der Waals surface area (Å²) in [6.45, 7) is 2.20. The summed E-state index contributed by atoms with van der Waals surface area (Å²) in [5, 5.41) is 4.96. The van der Waals surface area contributed by atoms with E-state index in [1.165, 1.54) is 70.2 Å². The van der Waals surface area contributed by atoms with Crippen molar-refractivity contribution in [3.05, 3.63) is 168 Å². The average Bonchev–Trinajstić information content (AvgIpc) is 3.66. The Bertz CT molecular complexity index is 2570. The molecule has 0 fully saturated rings. The highest BCUT2D eigenvalue weighted by Gasteiger charge is 2.14. The first kappa shape index (κ1) is 26.9. The summed E-state index contributed by atoms with van der Waals surface area (Å²) in [5.41, 5.74) is 13.1. The third kappa shape index (κ3) is 4.62. The molecule has 0 aliphatic heterocycles. The average molecular weight is 607 g/mol. The van der Waals surface area contributed by atoms with E-state index in [1.807, 2.05) is 11.3 Å². The van der Waals surface area contributed by atoms with Crippen LogP contribution in [0.3, 0.4) is 0 Å². The van der Waals surface area contributed by atoms with Crippen LogP contribution in [0.5, 0.6) is 0 Å². The Hall–Kier alpha value is -5.44. The van der Waals surface area contributed by atoms with Gasteiger partial charge in [-0.3, -0.25) is 0 Å². The monoisotopic (exact) mass is 606 g/mol. The maximum atomic E-state index is 6.54. The molecule has 0 N–H and O–H groups in total. The summed E-state index contributed by atoms with van der Waals surface area (Å²) in [4.78, 5) is 0. The second-order valence-electron chi connectivity index (χ2n) is 12.2. The summed E-state index contributed by atoms with van der Waals surface area (Å²) in [6, 6.07) is 55.0. The molecule has 2 heterocycles. The lowest BCUT2D eigenvalue weighted by molar-refractivity contribution is 0.668. The highest BCUT2D eigenvalue weighted by molar-refractivity contribution is 7.25. The molecule has 0 saturated heterocycles. The van der Waals surface area contributed by atoms with Gasteiger partial charge in [0.15, 0.2) is 0 Å². The maximum Gasteiger partial charge on any atom is 0.136 e. The number of aryl methyl sites for hydroxylation is 1. The van der Waals surface area contributed by atoms with Gasteiger partial charge in [0.25, 0.3) is 0 Å². The van der Waals surface area contributed by atoms with Crippen LogP contribution in [0.4, 0.5) is 0 Å². The highest BCUT2D eigenvalue weighted by Crippen LogP contribution is 2.39. The van der Waals surface area contributed by atoms with Crippen molar-refractivity contribution in [3.8, 4) is 33.4 Å². The molecule has 2 heteroatoms. The van der Waals surface area contributed by atoms with E-state index in [2.05, 4.69) is 159 Å². The molecule has 0 amide bonds. The van der Waals surface area contributed by atoms with Crippen molar-refractivity contribution >= 4 is 53.4 Å². The Labute approximate surface area is 272 Å². The third-order valence-electron chi connectivity index (χ3n) is 9.30. The molecule has 0 atom stereocenters. The van der Waals surface area contributed by atoms with Crippen molar-refractivity contribution in [3.63, 3.8) is 0 Å². The summed E-state index contributed by atoms with van der Waals surface area (Å²) in [6.07, 6.45) is 0.826. The van der Waals surface area contributed by atoms with Gasteiger partial charge in [-0.25, -0.2) is 0 Å². The van der Waals surface area contributed by atoms with Gasteiger partial charge < -0.3 is 4.42 Å². The van der Waals surface area contributed by atoms with Crippen LogP contribution in [0.2, 0.25) is 0 Å². The van der Waals surface area contributed by atoms with Crippen molar-refractivity contribution in [2.45, 2.75) is 13.3 Å². The standard InChI is InChI=1S/C44H30OS/c1-28-9-5-6-12-35(28)40-25-31(30-10-3-2-4-11-30)16-17-34(40)23-29-15-20-36-37-21-18-32(26-42(37)45-41(36)24-29)33-19-22-39-38-13-7-8-14-43(38)46-44(39)27-33/h2-22,24-27H,23H2,1H3. The summed E-state index contributed by atoms with van der Waals surface area (Å²) in [7, 11) is 0. The number of rotatable bonds is 5. The van der Waals surface area contributed by atoms with Gasteiger partial charge in [0.05, 0.1) is 0 Å². The van der Waals surface area contributed by atoms with Gasteiger partial charge in [-0.2, -0.15) is 0 Å². The first-order valence-electron chi connectivity index (χ1n) is 15.8. The SMILES string of the molecule is Cc1ccccc1-c1cc(-c2ccccc2)ccc1Cc1ccc2c(c1)oc1cc(-c3ccc4c(c3)sc3ccccc34)ccc12. The van der Waals surface area contributed by atoms with Crippen LogP contribution < -0.4 is 0 Å². The fourth-order valence-electron chi connectivity index (χ4n) is 6.90. The molecular formula is C44H30OS. The lowest BCUT2D eigenvalue weighted by Crippen LogP contribution is -1.95. The van der Waals surface area contributed by atoms with Crippen LogP contribution in [0.1, 0.15) is 16.7 Å². The van der Waals surface area contributed by atoms with Crippen LogP contribution in [-0.4, -0.2) is 0 Å². The van der Waals surface area contributed by atoms with E-state index < -0.39 is 0 Å². The van der Waals surface area contributed by atoms with Crippen LogP contribution in [0.15, 0.2) is 156 Å². The zero-order chi connectivity index (χ0) is 30.6. The quantitative estimate of drug-likeness (QED) is 0.190. The number of hydrogen-bond donors (Lipinski definition) is 0. The lowest BCUT2D eigenvalue weighted by atomic mass is 9.89. The van der Waals surface area contributed by atoms with Crippen LogP contribution >= 0.6 is 11.3 Å². The Morgan fingerprint density at radius 1 is 0.457 bits per heavy atom. The molecule has 9 aromatic rings. The van der Waals surface area contributed by atoms with Gasteiger partial charge in [-0.15, -0.1) is 11.3 Å². The normalized spacial score (nSPS) is 11.7. The van der Waals surface area contributed by atoms with E-state index >= 15 is 0 Å². The largest absolute Gasteiger partial charge is 0.456 e.